The summed E-state index contributed by atoms with van der Waals surface area (Å²) >= 11 is 1.48. The normalized spacial score (nSPS) is 19.5. The number of nitrogens with zero attached hydrogens (tertiary/aromatic N) is 1. The number of carboxylic acids is 1. The quantitative estimate of drug-likeness (QED) is 0.576. The summed E-state index contributed by atoms with van der Waals surface area (Å²) in [5.41, 5.74) is 4.99. The zero-order valence-corrected chi connectivity index (χ0v) is 20.0. The van der Waals surface area contributed by atoms with Crippen LogP contribution in [-0.2, 0) is 14.3 Å². The van der Waals surface area contributed by atoms with Gasteiger partial charge in [0.15, 0.2) is 0 Å². The number of thioether (sulfide) groups is 1. The van der Waals surface area contributed by atoms with Crippen LogP contribution in [0.3, 0.4) is 0 Å². The Morgan fingerprint density at radius 2 is 1.74 bits per heavy atom. The number of aliphatic carboxylic acids is 1. The van der Waals surface area contributed by atoms with Gasteiger partial charge >= 0.3 is 12.1 Å². The van der Waals surface area contributed by atoms with Gasteiger partial charge in [0.1, 0.15) is 12.6 Å². The summed E-state index contributed by atoms with van der Waals surface area (Å²) in [7, 11) is 0. The van der Waals surface area contributed by atoms with Crippen LogP contribution < -0.4 is 5.32 Å². The van der Waals surface area contributed by atoms with Crippen LogP contribution in [0.1, 0.15) is 37.3 Å². The lowest BCUT2D eigenvalue weighted by Gasteiger charge is -2.27. The third-order valence-electron chi connectivity index (χ3n) is 6.30. The maximum atomic E-state index is 12.9. The summed E-state index contributed by atoms with van der Waals surface area (Å²) in [6, 6.07) is 15.4. The lowest BCUT2D eigenvalue weighted by atomic mass is 9.98. The smallest absolute Gasteiger partial charge is 0.407 e. The van der Waals surface area contributed by atoms with Gasteiger partial charge in [-0.1, -0.05) is 61.5 Å². The van der Waals surface area contributed by atoms with E-state index in [2.05, 4.69) is 29.6 Å². The maximum Gasteiger partial charge on any atom is 0.407 e. The van der Waals surface area contributed by atoms with Crippen molar-refractivity contribution in [2.75, 3.05) is 18.9 Å². The van der Waals surface area contributed by atoms with Gasteiger partial charge in [-0.15, -0.1) is 11.8 Å². The molecule has 1 fully saturated rings. The number of hydrogen-bond donors (Lipinski definition) is 2. The fourth-order valence-electron chi connectivity index (χ4n) is 4.57. The van der Waals surface area contributed by atoms with Gasteiger partial charge in [0.05, 0.1) is 5.37 Å². The number of carbonyl (C=O) groups excluding carboxylic acids is 2. The zero-order chi connectivity index (χ0) is 24.2. The van der Waals surface area contributed by atoms with Gasteiger partial charge in [-0.2, -0.15) is 0 Å². The van der Waals surface area contributed by atoms with Gasteiger partial charge < -0.3 is 20.1 Å². The Labute approximate surface area is 203 Å². The second-order valence-corrected chi connectivity index (χ2v) is 9.57. The number of fused-ring (bicyclic) bond motifs is 3. The van der Waals surface area contributed by atoms with Gasteiger partial charge in [-0.3, -0.25) is 4.79 Å². The molecule has 0 radical (unpaired) electrons. The highest BCUT2D eigenvalue weighted by Gasteiger charge is 2.41. The molecule has 8 heteroatoms. The minimum absolute atomic E-state index is 0.0244. The molecule has 1 aliphatic carbocycles. The van der Waals surface area contributed by atoms with Gasteiger partial charge in [-0.25, -0.2) is 9.59 Å². The highest BCUT2D eigenvalue weighted by molar-refractivity contribution is 8.00. The van der Waals surface area contributed by atoms with E-state index in [9.17, 15) is 19.5 Å². The lowest BCUT2D eigenvalue weighted by Crippen LogP contribution is -2.45. The molecule has 1 saturated heterocycles. The molecule has 0 bridgehead atoms. The Morgan fingerprint density at radius 1 is 1.12 bits per heavy atom. The van der Waals surface area contributed by atoms with Crippen molar-refractivity contribution >= 4 is 29.7 Å². The van der Waals surface area contributed by atoms with Crippen molar-refractivity contribution in [2.45, 2.75) is 37.6 Å². The molecule has 2 aromatic carbocycles. The summed E-state index contributed by atoms with van der Waals surface area (Å²) in [6.45, 7) is 3.89. The van der Waals surface area contributed by atoms with Crippen LogP contribution >= 0.6 is 11.8 Å². The van der Waals surface area contributed by atoms with E-state index >= 15 is 0 Å². The highest BCUT2D eigenvalue weighted by Crippen LogP contribution is 2.44. The highest BCUT2D eigenvalue weighted by atomic mass is 32.2. The van der Waals surface area contributed by atoms with E-state index in [-0.39, 0.29) is 30.4 Å². The third-order valence-corrected chi connectivity index (χ3v) is 7.75. The van der Waals surface area contributed by atoms with Crippen molar-refractivity contribution in [1.82, 2.24) is 10.2 Å². The number of nitrogens with one attached hydrogen (secondary N) is 1. The predicted octanol–water partition coefficient (Wildman–Crippen LogP) is 4.24. The van der Waals surface area contributed by atoms with Crippen LogP contribution in [-0.4, -0.2) is 58.3 Å². The van der Waals surface area contributed by atoms with E-state index in [1.54, 1.807) is 13.0 Å². The molecule has 7 nitrogen and oxygen atoms in total. The second kappa shape index (κ2) is 10.3. The average molecular weight is 481 g/mol. The van der Waals surface area contributed by atoms with Crippen LogP contribution in [0.25, 0.3) is 11.1 Å². The van der Waals surface area contributed by atoms with Crippen molar-refractivity contribution in [3.63, 3.8) is 0 Å². The molecule has 2 aliphatic rings. The molecule has 2 N–H and O–H groups in total. The summed E-state index contributed by atoms with van der Waals surface area (Å²) in [5.74, 6) is -0.964. The fourth-order valence-corrected chi connectivity index (χ4v) is 5.92. The summed E-state index contributed by atoms with van der Waals surface area (Å²) in [5, 5.41) is 11.9. The van der Waals surface area contributed by atoms with Gasteiger partial charge in [-0.05, 0) is 35.6 Å². The maximum absolute atomic E-state index is 12.9. The summed E-state index contributed by atoms with van der Waals surface area (Å²) in [6.07, 6.45) is 1.70. The van der Waals surface area contributed by atoms with E-state index < -0.39 is 18.1 Å². The Morgan fingerprint density at radius 3 is 2.32 bits per heavy atom. The van der Waals surface area contributed by atoms with E-state index in [0.717, 1.165) is 22.3 Å². The molecule has 34 heavy (non-hydrogen) atoms. The molecule has 0 spiro atoms. The van der Waals surface area contributed by atoms with E-state index in [4.69, 9.17) is 4.74 Å². The van der Waals surface area contributed by atoms with E-state index in [1.165, 1.54) is 16.7 Å². The number of rotatable bonds is 7. The minimum atomic E-state index is -0.999. The van der Waals surface area contributed by atoms with E-state index in [1.807, 2.05) is 31.2 Å². The van der Waals surface area contributed by atoms with E-state index in [0.29, 0.717) is 17.7 Å². The molecule has 0 aromatic heterocycles. The van der Waals surface area contributed by atoms with Crippen LogP contribution in [0, 0.1) is 0 Å². The SMILES string of the molecule is CCC1SCC(C(=O)O)N1C(=O)/C(C)=C/CNC(=O)OCC1c2ccccc2-c2ccccc21. The number of amides is 2. The van der Waals surface area contributed by atoms with Crippen molar-refractivity contribution < 1.29 is 24.2 Å². The number of ether oxygens (including phenoxy) is 1. The first-order valence-corrected chi connectivity index (χ1v) is 12.4. The first-order chi connectivity index (χ1) is 16.4. The van der Waals surface area contributed by atoms with Crippen LogP contribution in [0.5, 0.6) is 0 Å². The lowest BCUT2D eigenvalue weighted by molar-refractivity contribution is -0.147. The second-order valence-electron chi connectivity index (χ2n) is 8.36. The predicted molar refractivity (Wildman–Crippen MR) is 132 cm³/mol. The molecular formula is C26H28N2O5S. The third kappa shape index (κ3) is 4.68. The molecule has 2 aromatic rings. The standard InChI is InChI=1S/C26H28N2O5S/c1-3-23-28(22(15-34-23)25(30)31)24(29)16(2)12-13-27-26(32)33-14-21-19-10-6-4-8-17(19)18-9-5-7-11-20(18)21/h4-12,21-23H,3,13-15H2,1-2H3,(H,27,32)(H,30,31)/b16-12+. The number of carboxylic acid groups (broad SMARTS) is 1. The van der Waals surface area contributed by atoms with Gasteiger partial charge in [0.25, 0.3) is 5.91 Å². The van der Waals surface area contributed by atoms with Crippen LogP contribution in [0.2, 0.25) is 0 Å². The topological polar surface area (TPSA) is 95.9 Å². The summed E-state index contributed by atoms with van der Waals surface area (Å²) in [4.78, 5) is 38.2. The minimum Gasteiger partial charge on any atom is -0.480 e. The molecule has 4 rings (SSSR count). The van der Waals surface area contributed by atoms with Crippen molar-refractivity contribution in [2.24, 2.45) is 0 Å². The van der Waals surface area contributed by atoms with Gasteiger partial charge in [0.2, 0.25) is 0 Å². The molecule has 2 unspecified atom stereocenters. The van der Waals surface area contributed by atoms with Crippen molar-refractivity contribution in [3.05, 3.63) is 71.3 Å². The van der Waals surface area contributed by atoms with Crippen LogP contribution in [0.15, 0.2) is 60.2 Å². The number of benzene rings is 2. The number of alkyl carbamates (subject to hydrolysis) is 1. The summed E-state index contributed by atoms with van der Waals surface area (Å²) < 4.78 is 5.51. The average Bonchev–Trinajstić information content (AvgIpc) is 3.42. The van der Waals surface area contributed by atoms with Crippen molar-refractivity contribution in [1.29, 1.82) is 0 Å². The molecule has 0 saturated carbocycles. The zero-order valence-electron chi connectivity index (χ0n) is 19.2. The Balaban J connectivity index is 1.33. The monoisotopic (exact) mass is 480 g/mol. The van der Waals surface area contributed by atoms with Crippen LogP contribution in [0.4, 0.5) is 4.79 Å². The molecular weight excluding hydrogens is 452 g/mol. The molecule has 2 amide bonds. The van der Waals surface area contributed by atoms with Gasteiger partial charge in [0, 0.05) is 23.8 Å². The first kappa shape index (κ1) is 23.9. The van der Waals surface area contributed by atoms with Crippen molar-refractivity contribution in [3.8, 4) is 11.1 Å². The Hall–Kier alpha value is -3.26. The first-order valence-electron chi connectivity index (χ1n) is 11.3. The Bertz CT molecular complexity index is 1090. The molecule has 2 atom stereocenters. The molecule has 1 heterocycles. The molecule has 178 valence electrons. The largest absolute Gasteiger partial charge is 0.480 e. The number of carbonyl (C=O) groups is 3. The fraction of sp³-hybridized carbons (Fsp3) is 0.346. The number of hydrogen-bond acceptors (Lipinski definition) is 5. The Kier molecular flexibility index (Phi) is 7.26. The molecule has 1 aliphatic heterocycles.